The van der Waals surface area contributed by atoms with Crippen LogP contribution >= 0.6 is 23.1 Å². The summed E-state index contributed by atoms with van der Waals surface area (Å²) in [4.78, 5) is 7.12. The van der Waals surface area contributed by atoms with Gasteiger partial charge in [0.25, 0.3) is 0 Å². The second-order valence-corrected chi connectivity index (χ2v) is 9.39. The van der Waals surface area contributed by atoms with Crippen LogP contribution in [0.3, 0.4) is 0 Å². The molecule has 0 aliphatic carbocycles. The number of hydrogen-bond donors (Lipinski definition) is 0. The molecular weight excluding hydrogens is 454 g/mol. The van der Waals surface area contributed by atoms with Gasteiger partial charge in [-0.3, -0.25) is 0 Å². The summed E-state index contributed by atoms with van der Waals surface area (Å²) in [5.41, 5.74) is 4.34. The minimum atomic E-state index is 0.276. The number of aromatic nitrogens is 4. The number of thiazole rings is 1. The first-order valence-electron chi connectivity index (χ1n) is 10.9. The molecule has 7 nitrogen and oxygen atoms in total. The smallest absolute Gasteiger partial charge is 0.231 e. The molecule has 0 fully saturated rings. The van der Waals surface area contributed by atoms with Crippen molar-refractivity contribution in [3.63, 3.8) is 0 Å². The molecule has 170 valence electrons. The number of ether oxygens (including phenoxy) is 2. The Bertz CT molecular complexity index is 1250. The zero-order valence-electron chi connectivity index (χ0n) is 18.8. The highest BCUT2D eigenvalue weighted by molar-refractivity contribution is 7.98. The summed E-state index contributed by atoms with van der Waals surface area (Å²) in [6.45, 7) is 6.60. The van der Waals surface area contributed by atoms with E-state index in [2.05, 4.69) is 58.6 Å². The molecule has 0 atom stereocenters. The second kappa shape index (κ2) is 9.44. The lowest BCUT2D eigenvalue weighted by atomic mass is 10.2. The fraction of sp³-hybridized carbons (Fsp3) is 0.292. The molecule has 0 saturated carbocycles. The van der Waals surface area contributed by atoms with E-state index < -0.39 is 0 Å². The average molecular weight is 480 g/mol. The zero-order valence-corrected chi connectivity index (χ0v) is 20.4. The van der Waals surface area contributed by atoms with Gasteiger partial charge >= 0.3 is 0 Å². The van der Waals surface area contributed by atoms with Crippen molar-refractivity contribution in [2.75, 3.05) is 24.8 Å². The van der Waals surface area contributed by atoms with Crippen LogP contribution in [0.25, 0.3) is 22.0 Å². The fourth-order valence-corrected chi connectivity index (χ4v) is 5.50. The third-order valence-corrected chi connectivity index (χ3v) is 7.60. The van der Waals surface area contributed by atoms with E-state index in [1.807, 2.05) is 29.8 Å². The van der Waals surface area contributed by atoms with E-state index in [-0.39, 0.29) is 6.79 Å². The molecule has 2 aromatic carbocycles. The van der Waals surface area contributed by atoms with Gasteiger partial charge in [0.2, 0.25) is 6.79 Å². The number of nitrogens with zero attached hydrogens (tertiary/aromatic N) is 5. The molecule has 4 aromatic rings. The Morgan fingerprint density at radius 2 is 1.76 bits per heavy atom. The number of anilines is 1. The molecule has 3 heterocycles. The first-order chi connectivity index (χ1) is 16.2. The van der Waals surface area contributed by atoms with Crippen molar-refractivity contribution >= 4 is 28.8 Å². The van der Waals surface area contributed by atoms with Crippen molar-refractivity contribution in [2.45, 2.75) is 24.8 Å². The monoisotopic (exact) mass is 479 g/mol. The predicted octanol–water partition coefficient (Wildman–Crippen LogP) is 5.47. The van der Waals surface area contributed by atoms with Crippen LogP contribution in [-0.4, -0.2) is 39.6 Å². The van der Waals surface area contributed by atoms with Crippen molar-refractivity contribution in [3.05, 3.63) is 53.5 Å². The van der Waals surface area contributed by atoms with Gasteiger partial charge in [0, 0.05) is 48.1 Å². The number of rotatable bonds is 8. The minimum absolute atomic E-state index is 0.276. The Morgan fingerprint density at radius 3 is 2.55 bits per heavy atom. The number of hydrogen-bond acceptors (Lipinski definition) is 8. The van der Waals surface area contributed by atoms with Crippen molar-refractivity contribution in [1.82, 2.24) is 19.7 Å². The maximum absolute atomic E-state index is 5.48. The number of thioether (sulfide) groups is 1. The molecule has 0 bridgehead atoms. The molecule has 1 aliphatic rings. The second-order valence-electron chi connectivity index (χ2n) is 7.59. The highest BCUT2D eigenvalue weighted by Crippen LogP contribution is 2.37. The summed E-state index contributed by atoms with van der Waals surface area (Å²) < 4.78 is 12.9. The van der Waals surface area contributed by atoms with Crippen molar-refractivity contribution in [2.24, 2.45) is 7.05 Å². The highest BCUT2D eigenvalue weighted by Gasteiger charge is 2.16. The standard InChI is InChI=1S/C24H25N5O2S2/c1-4-29(5-2)19-9-6-16(7-10-19)22-26-27-24(28(22)3)33-14-18-13-32-23(25-18)17-8-11-20-21(12-17)31-15-30-20/h6-13H,4-5,14-15H2,1-3H3. The number of benzene rings is 2. The van der Waals surface area contributed by atoms with E-state index in [0.29, 0.717) is 0 Å². The van der Waals surface area contributed by atoms with E-state index in [0.717, 1.165) is 63.2 Å². The van der Waals surface area contributed by atoms with Crippen LogP contribution in [0.5, 0.6) is 11.5 Å². The van der Waals surface area contributed by atoms with Crippen molar-refractivity contribution in [1.29, 1.82) is 0 Å². The predicted molar refractivity (Wildman–Crippen MR) is 133 cm³/mol. The van der Waals surface area contributed by atoms with Crippen LogP contribution in [0.4, 0.5) is 5.69 Å². The summed E-state index contributed by atoms with van der Waals surface area (Å²) in [6.07, 6.45) is 0. The lowest BCUT2D eigenvalue weighted by Gasteiger charge is -2.21. The molecule has 0 N–H and O–H groups in total. The van der Waals surface area contributed by atoms with Crippen LogP contribution < -0.4 is 14.4 Å². The normalized spacial score (nSPS) is 12.3. The molecule has 9 heteroatoms. The van der Waals surface area contributed by atoms with E-state index in [9.17, 15) is 0 Å². The maximum Gasteiger partial charge on any atom is 0.231 e. The van der Waals surface area contributed by atoms with Crippen LogP contribution in [0.15, 0.2) is 53.0 Å². The van der Waals surface area contributed by atoms with Gasteiger partial charge in [0.15, 0.2) is 22.5 Å². The molecule has 5 rings (SSSR count). The Labute approximate surface area is 201 Å². The van der Waals surface area contributed by atoms with E-state index in [1.54, 1.807) is 23.1 Å². The van der Waals surface area contributed by atoms with Crippen LogP contribution in [0.1, 0.15) is 19.5 Å². The third kappa shape index (κ3) is 4.43. The SMILES string of the molecule is CCN(CC)c1ccc(-c2nnc(SCc3csc(-c4ccc5c(c4)OCO5)n3)n2C)cc1. The van der Waals surface area contributed by atoms with Crippen LogP contribution in [0.2, 0.25) is 0 Å². The molecule has 0 saturated heterocycles. The third-order valence-electron chi connectivity index (χ3n) is 5.61. The summed E-state index contributed by atoms with van der Waals surface area (Å²) in [6, 6.07) is 14.5. The van der Waals surface area contributed by atoms with Crippen molar-refractivity contribution < 1.29 is 9.47 Å². The Morgan fingerprint density at radius 1 is 1.00 bits per heavy atom. The molecule has 0 amide bonds. The van der Waals surface area contributed by atoms with Gasteiger partial charge in [-0.05, 0) is 56.3 Å². The molecule has 0 spiro atoms. The zero-order chi connectivity index (χ0) is 22.8. The topological polar surface area (TPSA) is 65.3 Å². The summed E-state index contributed by atoms with van der Waals surface area (Å²) >= 11 is 3.27. The highest BCUT2D eigenvalue weighted by atomic mass is 32.2. The lowest BCUT2D eigenvalue weighted by molar-refractivity contribution is 0.174. The summed E-state index contributed by atoms with van der Waals surface area (Å²) in [7, 11) is 2.01. The molecule has 33 heavy (non-hydrogen) atoms. The maximum atomic E-state index is 5.48. The molecule has 2 aromatic heterocycles. The van der Waals surface area contributed by atoms with E-state index in [4.69, 9.17) is 14.5 Å². The summed E-state index contributed by atoms with van der Waals surface area (Å²) in [5, 5.41) is 12.8. The Hall–Kier alpha value is -3.04. The Balaban J connectivity index is 1.26. The van der Waals surface area contributed by atoms with Gasteiger partial charge < -0.3 is 18.9 Å². The van der Waals surface area contributed by atoms with Crippen LogP contribution in [-0.2, 0) is 12.8 Å². The molecule has 1 aliphatic heterocycles. The average Bonchev–Trinajstić information content (AvgIpc) is 3.58. The first-order valence-corrected chi connectivity index (χ1v) is 12.7. The fourth-order valence-electron chi connectivity index (χ4n) is 3.78. The minimum Gasteiger partial charge on any atom is -0.454 e. The molecule has 0 radical (unpaired) electrons. The van der Waals surface area contributed by atoms with Gasteiger partial charge in [-0.25, -0.2) is 4.98 Å². The number of fused-ring (bicyclic) bond motifs is 1. The van der Waals surface area contributed by atoms with E-state index in [1.165, 1.54) is 5.69 Å². The molecule has 0 unspecified atom stereocenters. The van der Waals surface area contributed by atoms with Crippen molar-refractivity contribution in [3.8, 4) is 33.5 Å². The largest absolute Gasteiger partial charge is 0.454 e. The van der Waals surface area contributed by atoms with Gasteiger partial charge in [-0.1, -0.05) is 11.8 Å². The quantitative estimate of drug-likeness (QED) is 0.310. The van der Waals surface area contributed by atoms with Gasteiger partial charge in [-0.2, -0.15) is 0 Å². The first kappa shape index (κ1) is 21.8. The molecular formula is C24H25N5O2S2. The van der Waals surface area contributed by atoms with Gasteiger partial charge in [-0.15, -0.1) is 21.5 Å². The lowest BCUT2D eigenvalue weighted by Crippen LogP contribution is -2.21. The van der Waals surface area contributed by atoms with Gasteiger partial charge in [0.05, 0.1) is 5.69 Å². The van der Waals surface area contributed by atoms with Gasteiger partial charge in [0.1, 0.15) is 5.01 Å². The van der Waals surface area contributed by atoms with Crippen LogP contribution in [0, 0.1) is 0 Å². The van der Waals surface area contributed by atoms with E-state index >= 15 is 0 Å². The summed E-state index contributed by atoms with van der Waals surface area (Å²) in [5.74, 6) is 3.15. The Kier molecular flexibility index (Phi) is 6.24.